The second-order valence-electron chi connectivity index (χ2n) is 6.17. The van der Waals surface area contributed by atoms with E-state index in [2.05, 4.69) is 10.2 Å². The van der Waals surface area contributed by atoms with Crippen molar-refractivity contribution in [1.29, 1.82) is 0 Å². The van der Waals surface area contributed by atoms with Gasteiger partial charge in [0.25, 0.3) is 0 Å². The first kappa shape index (κ1) is 12.4. The van der Waals surface area contributed by atoms with Gasteiger partial charge in [-0.3, -0.25) is 4.79 Å². The van der Waals surface area contributed by atoms with Gasteiger partial charge in [0, 0.05) is 32.8 Å². The van der Waals surface area contributed by atoms with Gasteiger partial charge in [-0.05, 0) is 44.1 Å². The average Bonchev–Trinajstić information content (AvgIpc) is 2.83. The molecule has 0 unspecified atom stereocenters. The van der Waals surface area contributed by atoms with Crippen molar-refractivity contribution in [3.63, 3.8) is 0 Å². The molecule has 0 aliphatic carbocycles. The third kappa shape index (κ3) is 2.41. The SMILES string of the molecule is O=C([C@H]1CCCNC1)N1CCC2(CCOCC2)C1. The Labute approximate surface area is 109 Å². The zero-order valence-corrected chi connectivity index (χ0v) is 11.1. The number of rotatable bonds is 1. The minimum atomic E-state index is 0.230. The molecule has 4 heteroatoms. The molecule has 4 nitrogen and oxygen atoms in total. The highest BCUT2D eigenvalue weighted by atomic mass is 16.5. The van der Waals surface area contributed by atoms with Crippen LogP contribution in [0.4, 0.5) is 0 Å². The summed E-state index contributed by atoms with van der Waals surface area (Å²) in [6, 6.07) is 0. The predicted molar refractivity (Wildman–Crippen MR) is 69.3 cm³/mol. The molecule has 1 N–H and O–H groups in total. The Balaban J connectivity index is 1.59. The average molecular weight is 252 g/mol. The van der Waals surface area contributed by atoms with Crippen LogP contribution in [0.5, 0.6) is 0 Å². The van der Waals surface area contributed by atoms with E-state index in [0.29, 0.717) is 11.3 Å². The second-order valence-corrected chi connectivity index (χ2v) is 6.17. The van der Waals surface area contributed by atoms with E-state index in [4.69, 9.17) is 4.74 Å². The molecule has 0 aromatic rings. The maximum absolute atomic E-state index is 12.5. The van der Waals surface area contributed by atoms with Gasteiger partial charge in [-0.25, -0.2) is 0 Å². The van der Waals surface area contributed by atoms with Gasteiger partial charge >= 0.3 is 0 Å². The number of carbonyl (C=O) groups is 1. The quantitative estimate of drug-likeness (QED) is 0.757. The zero-order chi connectivity index (χ0) is 12.4. The number of nitrogens with one attached hydrogen (secondary N) is 1. The minimum Gasteiger partial charge on any atom is -0.381 e. The van der Waals surface area contributed by atoms with Crippen LogP contribution in [0.3, 0.4) is 0 Å². The Kier molecular flexibility index (Phi) is 3.57. The Hall–Kier alpha value is -0.610. The number of carbonyl (C=O) groups excluding carboxylic acids is 1. The number of piperidine rings is 1. The lowest BCUT2D eigenvalue weighted by Gasteiger charge is -2.34. The van der Waals surface area contributed by atoms with Crippen molar-refractivity contribution in [2.45, 2.75) is 32.1 Å². The lowest BCUT2D eigenvalue weighted by molar-refractivity contribution is -0.135. The Morgan fingerprint density at radius 2 is 2.11 bits per heavy atom. The topological polar surface area (TPSA) is 41.6 Å². The summed E-state index contributed by atoms with van der Waals surface area (Å²) in [5.74, 6) is 0.624. The van der Waals surface area contributed by atoms with Crippen LogP contribution in [0, 0.1) is 11.3 Å². The van der Waals surface area contributed by atoms with Crippen molar-refractivity contribution in [3.8, 4) is 0 Å². The molecule has 0 radical (unpaired) electrons. The van der Waals surface area contributed by atoms with Crippen molar-refractivity contribution in [3.05, 3.63) is 0 Å². The summed E-state index contributed by atoms with van der Waals surface area (Å²) < 4.78 is 5.45. The fraction of sp³-hybridized carbons (Fsp3) is 0.929. The fourth-order valence-electron chi connectivity index (χ4n) is 3.66. The number of hydrogen-bond acceptors (Lipinski definition) is 3. The van der Waals surface area contributed by atoms with Crippen LogP contribution in [0.2, 0.25) is 0 Å². The highest BCUT2D eigenvalue weighted by Gasteiger charge is 2.42. The number of nitrogens with zero attached hydrogens (tertiary/aromatic N) is 1. The van der Waals surface area contributed by atoms with Crippen LogP contribution in [0.25, 0.3) is 0 Å². The van der Waals surface area contributed by atoms with Crippen molar-refractivity contribution in [2.75, 3.05) is 39.4 Å². The zero-order valence-electron chi connectivity index (χ0n) is 11.1. The highest BCUT2D eigenvalue weighted by Crippen LogP contribution is 2.40. The molecule has 0 bridgehead atoms. The van der Waals surface area contributed by atoms with Crippen LogP contribution in [-0.2, 0) is 9.53 Å². The standard InChI is InChI=1S/C14H24N2O2/c17-13(12-2-1-6-15-10-12)16-7-3-14(11-16)4-8-18-9-5-14/h12,15H,1-11H2/t12-/m0/s1. The Morgan fingerprint density at radius 3 is 2.83 bits per heavy atom. The van der Waals surface area contributed by atoms with Gasteiger partial charge in [0.05, 0.1) is 5.92 Å². The molecule has 0 aromatic heterocycles. The Morgan fingerprint density at radius 1 is 1.28 bits per heavy atom. The molecule has 3 fully saturated rings. The number of ether oxygens (including phenoxy) is 1. The normalized spacial score (nSPS) is 31.8. The summed E-state index contributed by atoms with van der Waals surface area (Å²) in [5.41, 5.74) is 0.385. The molecule has 1 amide bonds. The summed E-state index contributed by atoms with van der Waals surface area (Å²) >= 11 is 0. The van der Waals surface area contributed by atoms with Gasteiger partial charge in [0.15, 0.2) is 0 Å². The molecule has 1 spiro atoms. The van der Waals surface area contributed by atoms with Gasteiger partial charge in [0.1, 0.15) is 0 Å². The van der Waals surface area contributed by atoms with E-state index in [1.165, 1.54) is 6.42 Å². The summed E-state index contributed by atoms with van der Waals surface area (Å²) in [5, 5.41) is 3.34. The van der Waals surface area contributed by atoms with Crippen molar-refractivity contribution in [2.24, 2.45) is 11.3 Å². The summed E-state index contributed by atoms with van der Waals surface area (Å²) in [6.45, 7) is 5.66. The lowest BCUT2D eigenvalue weighted by Crippen LogP contribution is -2.43. The molecular formula is C14H24N2O2. The van der Waals surface area contributed by atoms with E-state index < -0.39 is 0 Å². The maximum Gasteiger partial charge on any atom is 0.226 e. The first-order valence-corrected chi connectivity index (χ1v) is 7.36. The molecule has 1 atom stereocenters. The summed E-state index contributed by atoms with van der Waals surface area (Å²) in [7, 11) is 0. The highest BCUT2D eigenvalue weighted by molar-refractivity contribution is 5.79. The van der Waals surface area contributed by atoms with Gasteiger partial charge in [0.2, 0.25) is 5.91 Å². The van der Waals surface area contributed by atoms with Gasteiger partial charge < -0.3 is 15.0 Å². The third-order valence-corrected chi connectivity index (χ3v) is 4.95. The van der Waals surface area contributed by atoms with Gasteiger partial charge in [-0.2, -0.15) is 0 Å². The minimum absolute atomic E-state index is 0.230. The molecule has 3 saturated heterocycles. The first-order chi connectivity index (χ1) is 8.79. The van der Waals surface area contributed by atoms with Crippen molar-refractivity contribution in [1.82, 2.24) is 10.2 Å². The summed E-state index contributed by atoms with van der Waals surface area (Å²) in [4.78, 5) is 14.6. The van der Waals surface area contributed by atoms with E-state index >= 15 is 0 Å². The number of amides is 1. The molecule has 3 aliphatic heterocycles. The van der Waals surface area contributed by atoms with Crippen LogP contribution < -0.4 is 5.32 Å². The molecule has 3 aliphatic rings. The molecule has 0 aromatic carbocycles. The van der Waals surface area contributed by atoms with E-state index in [9.17, 15) is 4.79 Å². The van der Waals surface area contributed by atoms with Gasteiger partial charge in [-0.1, -0.05) is 0 Å². The van der Waals surface area contributed by atoms with E-state index in [1.807, 2.05) is 0 Å². The molecular weight excluding hydrogens is 228 g/mol. The number of hydrogen-bond donors (Lipinski definition) is 1. The fourth-order valence-corrected chi connectivity index (χ4v) is 3.66. The van der Waals surface area contributed by atoms with Crippen LogP contribution >= 0.6 is 0 Å². The number of likely N-dealkylation sites (tertiary alicyclic amines) is 1. The van der Waals surface area contributed by atoms with Crippen LogP contribution in [0.1, 0.15) is 32.1 Å². The Bertz CT molecular complexity index is 307. The predicted octanol–water partition coefficient (Wildman–Crippen LogP) is 1.02. The smallest absolute Gasteiger partial charge is 0.226 e. The van der Waals surface area contributed by atoms with Crippen molar-refractivity contribution >= 4 is 5.91 Å². The van der Waals surface area contributed by atoms with Crippen LogP contribution in [0.15, 0.2) is 0 Å². The largest absolute Gasteiger partial charge is 0.381 e. The van der Waals surface area contributed by atoms with E-state index in [0.717, 1.165) is 65.1 Å². The monoisotopic (exact) mass is 252 g/mol. The van der Waals surface area contributed by atoms with Crippen molar-refractivity contribution < 1.29 is 9.53 Å². The maximum atomic E-state index is 12.5. The van der Waals surface area contributed by atoms with E-state index in [1.54, 1.807) is 0 Å². The van der Waals surface area contributed by atoms with E-state index in [-0.39, 0.29) is 5.92 Å². The lowest BCUT2D eigenvalue weighted by atomic mass is 9.80. The second kappa shape index (κ2) is 5.17. The summed E-state index contributed by atoms with van der Waals surface area (Å²) in [6.07, 6.45) is 5.67. The van der Waals surface area contributed by atoms with Crippen LogP contribution in [-0.4, -0.2) is 50.2 Å². The molecule has 3 heterocycles. The first-order valence-electron chi connectivity index (χ1n) is 7.36. The molecule has 0 saturated carbocycles. The molecule has 18 heavy (non-hydrogen) atoms. The van der Waals surface area contributed by atoms with Gasteiger partial charge in [-0.15, -0.1) is 0 Å². The molecule has 3 rings (SSSR count). The molecule has 102 valence electrons. The third-order valence-electron chi connectivity index (χ3n) is 4.95.